The molecule has 0 saturated heterocycles. The predicted octanol–water partition coefficient (Wildman–Crippen LogP) is 3.36. The number of carbonyl (C=O) groups is 1. The number of benzene rings is 2. The van der Waals surface area contributed by atoms with Crippen LogP contribution in [0.25, 0.3) is 0 Å². The molecule has 2 aromatic rings. The van der Waals surface area contributed by atoms with E-state index in [-0.39, 0.29) is 5.91 Å². The SMILES string of the molecule is CCOc1ccc(OC(C)C(=O)Nc2cccc(C#N)c2)cc1. The van der Waals surface area contributed by atoms with Gasteiger partial charge in [-0.25, -0.2) is 0 Å². The minimum Gasteiger partial charge on any atom is -0.494 e. The van der Waals surface area contributed by atoms with Crippen molar-refractivity contribution < 1.29 is 14.3 Å². The molecule has 0 bridgehead atoms. The molecule has 0 fully saturated rings. The molecule has 1 unspecified atom stereocenters. The summed E-state index contributed by atoms with van der Waals surface area (Å²) < 4.78 is 11.0. The molecule has 5 heteroatoms. The molecule has 0 aliphatic heterocycles. The molecule has 5 nitrogen and oxygen atoms in total. The molecule has 1 atom stereocenters. The van der Waals surface area contributed by atoms with E-state index in [2.05, 4.69) is 5.32 Å². The summed E-state index contributed by atoms with van der Waals surface area (Å²) in [7, 11) is 0. The molecule has 0 saturated carbocycles. The topological polar surface area (TPSA) is 71.3 Å². The Hall–Kier alpha value is -3.00. The first-order valence-corrected chi connectivity index (χ1v) is 7.33. The van der Waals surface area contributed by atoms with Gasteiger partial charge < -0.3 is 14.8 Å². The monoisotopic (exact) mass is 310 g/mol. The lowest BCUT2D eigenvalue weighted by molar-refractivity contribution is -0.122. The molecule has 1 amide bonds. The number of carbonyl (C=O) groups excluding carboxylic acids is 1. The molecule has 0 aromatic heterocycles. The Morgan fingerprint density at radius 2 is 1.91 bits per heavy atom. The number of hydrogen-bond acceptors (Lipinski definition) is 4. The Bertz CT molecular complexity index is 705. The molecular weight excluding hydrogens is 292 g/mol. The van der Waals surface area contributed by atoms with E-state index >= 15 is 0 Å². The molecule has 0 spiro atoms. The Kier molecular flexibility index (Phi) is 5.59. The third kappa shape index (κ3) is 4.75. The van der Waals surface area contributed by atoms with Crippen LogP contribution in [0.5, 0.6) is 11.5 Å². The van der Waals surface area contributed by atoms with Crippen LogP contribution in [-0.2, 0) is 4.79 Å². The number of ether oxygens (including phenoxy) is 2. The van der Waals surface area contributed by atoms with Gasteiger partial charge in [0.15, 0.2) is 6.10 Å². The van der Waals surface area contributed by atoms with Crippen LogP contribution in [0.15, 0.2) is 48.5 Å². The van der Waals surface area contributed by atoms with Crippen molar-refractivity contribution in [3.05, 3.63) is 54.1 Å². The van der Waals surface area contributed by atoms with Crippen molar-refractivity contribution in [2.45, 2.75) is 20.0 Å². The molecule has 0 radical (unpaired) electrons. The van der Waals surface area contributed by atoms with Crippen molar-refractivity contribution in [3.63, 3.8) is 0 Å². The van der Waals surface area contributed by atoms with Gasteiger partial charge in [-0.2, -0.15) is 5.26 Å². The largest absolute Gasteiger partial charge is 0.494 e. The summed E-state index contributed by atoms with van der Waals surface area (Å²) in [6, 6.07) is 15.9. The lowest BCUT2D eigenvalue weighted by Crippen LogP contribution is -2.30. The van der Waals surface area contributed by atoms with Gasteiger partial charge in [0, 0.05) is 5.69 Å². The van der Waals surface area contributed by atoms with E-state index in [1.54, 1.807) is 55.5 Å². The highest BCUT2D eigenvalue weighted by atomic mass is 16.5. The summed E-state index contributed by atoms with van der Waals surface area (Å²) in [5, 5.41) is 11.6. The fraction of sp³-hybridized carbons (Fsp3) is 0.222. The number of nitriles is 1. The predicted molar refractivity (Wildman–Crippen MR) is 87.5 cm³/mol. The standard InChI is InChI=1S/C18H18N2O3/c1-3-22-16-7-9-17(10-8-16)23-13(2)18(21)20-15-6-4-5-14(11-15)12-19/h4-11,13H,3H2,1-2H3,(H,20,21). The van der Waals surface area contributed by atoms with E-state index in [9.17, 15) is 4.79 Å². The quantitative estimate of drug-likeness (QED) is 0.888. The lowest BCUT2D eigenvalue weighted by Gasteiger charge is -2.15. The van der Waals surface area contributed by atoms with Gasteiger partial charge in [-0.3, -0.25) is 4.79 Å². The van der Waals surface area contributed by atoms with Gasteiger partial charge in [-0.15, -0.1) is 0 Å². The van der Waals surface area contributed by atoms with Crippen LogP contribution in [0, 0.1) is 11.3 Å². The van der Waals surface area contributed by atoms with Crippen molar-refractivity contribution in [1.82, 2.24) is 0 Å². The maximum atomic E-state index is 12.1. The molecule has 0 aliphatic carbocycles. The highest BCUT2D eigenvalue weighted by molar-refractivity contribution is 5.94. The first kappa shape index (κ1) is 16.4. The molecule has 2 aromatic carbocycles. The van der Waals surface area contributed by atoms with Crippen molar-refractivity contribution in [3.8, 4) is 17.6 Å². The van der Waals surface area contributed by atoms with Gasteiger partial charge in [0.2, 0.25) is 0 Å². The number of anilines is 1. The van der Waals surface area contributed by atoms with E-state index in [1.807, 2.05) is 13.0 Å². The summed E-state index contributed by atoms with van der Waals surface area (Å²) in [6.07, 6.45) is -0.668. The van der Waals surface area contributed by atoms with Gasteiger partial charge in [0.1, 0.15) is 11.5 Å². The minimum atomic E-state index is -0.668. The average molecular weight is 310 g/mol. The van der Waals surface area contributed by atoms with Gasteiger partial charge in [-0.1, -0.05) is 6.07 Å². The van der Waals surface area contributed by atoms with Crippen molar-refractivity contribution in [1.29, 1.82) is 5.26 Å². The van der Waals surface area contributed by atoms with Gasteiger partial charge in [-0.05, 0) is 56.3 Å². The van der Waals surface area contributed by atoms with Crippen molar-refractivity contribution in [2.75, 3.05) is 11.9 Å². The number of rotatable bonds is 6. The van der Waals surface area contributed by atoms with Gasteiger partial charge in [0.25, 0.3) is 5.91 Å². The molecule has 2 rings (SSSR count). The molecule has 0 aliphatic rings. The maximum absolute atomic E-state index is 12.1. The molecule has 118 valence electrons. The van der Waals surface area contributed by atoms with Crippen LogP contribution >= 0.6 is 0 Å². The highest BCUT2D eigenvalue weighted by Gasteiger charge is 2.15. The third-order valence-corrected chi connectivity index (χ3v) is 3.08. The number of amides is 1. The third-order valence-electron chi connectivity index (χ3n) is 3.08. The van der Waals surface area contributed by atoms with E-state index in [0.29, 0.717) is 23.6 Å². The van der Waals surface area contributed by atoms with Crippen LogP contribution in [0.3, 0.4) is 0 Å². The Morgan fingerprint density at radius 3 is 2.57 bits per heavy atom. The van der Waals surface area contributed by atoms with Gasteiger partial charge in [0.05, 0.1) is 18.2 Å². The van der Waals surface area contributed by atoms with Crippen LogP contribution in [0.2, 0.25) is 0 Å². The van der Waals surface area contributed by atoms with E-state index < -0.39 is 6.10 Å². The second-order valence-corrected chi connectivity index (χ2v) is 4.85. The zero-order valence-electron chi connectivity index (χ0n) is 13.1. The second kappa shape index (κ2) is 7.85. The summed E-state index contributed by atoms with van der Waals surface area (Å²) in [5.41, 5.74) is 1.05. The molecule has 23 heavy (non-hydrogen) atoms. The first-order chi connectivity index (χ1) is 11.1. The number of nitrogens with one attached hydrogen (secondary N) is 1. The normalized spacial score (nSPS) is 11.2. The Morgan fingerprint density at radius 1 is 1.22 bits per heavy atom. The maximum Gasteiger partial charge on any atom is 0.265 e. The van der Waals surface area contributed by atoms with E-state index in [1.165, 1.54) is 0 Å². The molecule has 0 heterocycles. The van der Waals surface area contributed by atoms with E-state index in [0.717, 1.165) is 5.75 Å². The molecule has 1 N–H and O–H groups in total. The van der Waals surface area contributed by atoms with Crippen LogP contribution < -0.4 is 14.8 Å². The summed E-state index contributed by atoms with van der Waals surface area (Å²) >= 11 is 0. The highest BCUT2D eigenvalue weighted by Crippen LogP contribution is 2.19. The first-order valence-electron chi connectivity index (χ1n) is 7.33. The zero-order valence-corrected chi connectivity index (χ0v) is 13.1. The van der Waals surface area contributed by atoms with Crippen molar-refractivity contribution in [2.24, 2.45) is 0 Å². The van der Waals surface area contributed by atoms with Crippen molar-refractivity contribution >= 4 is 11.6 Å². The molecular formula is C18H18N2O3. The lowest BCUT2D eigenvalue weighted by atomic mass is 10.2. The fourth-order valence-electron chi connectivity index (χ4n) is 1.95. The summed E-state index contributed by atoms with van der Waals surface area (Å²) in [4.78, 5) is 12.1. The number of hydrogen-bond donors (Lipinski definition) is 1. The van der Waals surface area contributed by atoms with Crippen LogP contribution in [0.4, 0.5) is 5.69 Å². The summed E-state index contributed by atoms with van der Waals surface area (Å²) in [6.45, 7) is 4.18. The Balaban J connectivity index is 1.95. The fourth-order valence-corrected chi connectivity index (χ4v) is 1.95. The second-order valence-electron chi connectivity index (χ2n) is 4.85. The smallest absolute Gasteiger partial charge is 0.265 e. The van der Waals surface area contributed by atoms with Crippen LogP contribution in [-0.4, -0.2) is 18.6 Å². The number of nitrogens with zero attached hydrogens (tertiary/aromatic N) is 1. The van der Waals surface area contributed by atoms with Crippen LogP contribution in [0.1, 0.15) is 19.4 Å². The minimum absolute atomic E-state index is 0.283. The average Bonchev–Trinajstić information content (AvgIpc) is 2.57. The zero-order chi connectivity index (χ0) is 16.7. The van der Waals surface area contributed by atoms with Gasteiger partial charge >= 0.3 is 0 Å². The Labute approximate surface area is 135 Å². The van der Waals surface area contributed by atoms with E-state index in [4.69, 9.17) is 14.7 Å². The summed E-state index contributed by atoms with van der Waals surface area (Å²) in [5.74, 6) is 1.06.